The molecule has 3 aromatic rings. The van der Waals surface area contributed by atoms with Gasteiger partial charge in [-0.2, -0.15) is 0 Å². The number of hydrogen-bond donors (Lipinski definition) is 0. The third-order valence-electron chi connectivity index (χ3n) is 3.82. The SMILES string of the molecule is CO[Si](OC)(OCc1ccnc2ccccc12)c1ccccc1. The van der Waals surface area contributed by atoms with E-state index in [0.29, 0.717) is 6.61 Å². The van der Waals surface area contributed by atoms with Crippen molar-refractivity contribution in [1.82, 2.24) is 4.98 Å². The third-order valence-corrected chi connectivity index (χ3v) is 6.46. The zero-order valence-electron chi connectivity index (χ0n) is 13.2. The van der Waals surface area contributed by atoms with Gasteiger partial charge in [-0.3, -0.25) is 4.98 Å². The van der Waals surface area contributed by atoms with Crippen LogP contribution in [-0.2, 0) is 19.9 Å². The molecule has 0 N–H and O–H groups in total. The van der Waals surface area contributed by atoms with Crippen LogP contribution in [0.2, 0.25) is 0 Å². The minimum absolute atomic E-state index is 0.409. The minimum atomic E-state index is -2.91. The van der Waals surface area contributed by atoms with Gasteiger partial charge in [0.05, 0.1) is 12.1 Å². The van der Waals surface area contributed by atoms with E-state index in [1.165, 1.54) is 0 Å². The second-order valence-electron chi connectivity index (χ2n) is 5.11. The summed E-state index contributed by atoms with van der Waals surface area (Å²) in [7, 11) is 0.355. The van der Waals surface area contributed by atoms with Crippen molar-refractivity contribution in [2.24, 2.45) is 0 Å². The zero-order chi connectivity index (χ0) is 16.1. The first kappa shape index (κ1) is 15.8. The summed E-state index contributed by atoms with van der Waals surface area (Å²) < 4.78 is 17.5. The highest BCUT2D eigenvalue weighted by Crippen LogP contribution is 2.19. The van der Waals surface area contributed by atoms with E-state index in [4.69, 9.17) is 13.3 Å². The highest BCUT2D eigenvalue weighted by atomic mass is 28.4. The van der Waals surface area contributed by atoms with E-state index in [2.05, 4.69) is 4.98 Å². The number of hydrogen-bond acceptors (Lipinski definition) is 4. The topological polar surface area (TPSA) is 40.6 Å². The van der Waals surface area contributed by atoms with E-state index in [-0.39, 0.29) is 0 Å². The highest BCUT2D eigenvalue weighted by Gasteiger charge is 2.41. The van der Waals surface area contributed by atoms with Gasteiger partial charge in [-0.05, 0) is 17.7 Å². The average molecular weight is 325 g/mol. The highest BCUT2D eigenvalue weighted by molar-refractivity contribution is 6.75. The molecule has 4 nitrogen and oxygen atoms in total. The summed E-state index contributed by atoms with van der Waals surface area (Å²) in [5, 5.41) is 2.03. The molecule has 3 rings (SSSR count). The predicted octanol–water partition coefficient (Wildman–Crippen LogP) is 2.89. The summed E-state index contributed by atoms with van der Waals surface area (Å²) >= 11 is 0. The Morgan fingerprint density at radius 2 is 1.57 bits per heavy atom. The van der Waals surface area contributed by atoms with Crippen LogP contribution in [0.15, 0.2) is 66.9 Å². The first-order valence-corrected chi connectivity index (χ1v) is 9.14. The molecule has 0 bridgehead atoms. The largest absolute Gasteiger partial charge is 0.536 e. The average Bonchev–Trinajstić information content (AvgIpc) is 2.64. The van der Waals surface area contributed by atoms with Gasteiger partial charge in [0.1, 0.15) is 0 Å². The lowest BCUT2D eigenvalue weighted by atomic mass is 10.1. The fourth-order valence-corrected chi connectivity index (χ4v) is 4.60. The normalized spacial score (nSPS) is 11.7. The van der Waals surface area contributed by atoms with Gasteiger partial charge in [0.15, 0.2) is 0 Å². The molecule has 0 spiro atoms. The molecule has 118 valence electrons. The van der Waals surface area contributed by atoms with Crippen molar-refractivity contribution in [3.05, 3.63) is 72.4 Å². The summed E-state index contributed by atoms with van der Waals surface area (Å²) in [5.74, 6) is 0. The van der Waals surface area contributed by atoms with Gasteiger partial charge in [0.2, 0.25) is 0 Å². The minimum Gasteiger partial charge on any atom is -0.373 e. The first-order chi connectivity index (χ1) is 11.3. The van der Waals surface area contributed by atoms with Gasteiger partial charge in [-0.25, -0.2) is 0 Å². The molecule has 0 saturated carbocycles. The summed E-state index contributed by atoms with van der Waals surface area (Å²) in [6, 6.07) is 19.8. The maximum Gasteiger partial charge on any atom is 0.536 e. The Bertz CT molecular complexity index is 770. The van der Waals surface area contributed by atoms with Crippen molar-refractivity contribution in [2.75, 3.05) is 14.2 Å². The van der Waals surface area contributed by atoms with E-state index in [1.807, 2.05) is 60.7 Å². The monoisotopic (exact) mass is 325 g/mol. The number of pyridine rings is 1. The van der Waals surface area contributed by atoms with Crippen LogP contribution in [0.4, 0.5) is 0 Å². The Labute approximate surface area is 137 Å². The molecule has 0 aliphatic rings. The Morgan fingerprint density at radius 3 is 2.30 bits per heavy atom. The van der Waals surface area contributed by atoms with Gasteiger partial charge in [0.25, 0.3) is 0 Å². The van der Waals surface area contributed by atoms with Gasteiger partial charge in [-0.15, -0.1) is 0 Å². The summed E-state index contributed by atoms with van der Waals surface area (Å²) in [4.78, 5) is 4.38. The molecule has 0 unspecified atom stereocenters. The van der Waals surface area contributed by atoms with Crippen LogP contribution in [0.5, 0.6) is 0 Å². The molecule has 0 amide bonds. The fraction of sp³-hybridized carbons (Fsp3) is 0.167. The van der Waals surface area contributed by atoms with Gasteiger partial charge >= 0.3 is 8.80 Å². The summed E-state index contributed by atoms with van der Waals surface area (Å²) in [6.07, 6.45) is 1.80. The Kier molecular flexibility index (Phi) is 4.83. The molecule has 0 atom stereocenters. The molecule has 0 aliphatic heterocycles. The van der Waals surface area contributed by atoms with Crippen LogP contribution in [0, 0.1) is 0 Å². The van der Waals surface area contributed by atoms with Crippen molar-refractivity contribution in [2.45, 2.75) is 6.61 Å². The fourth-order valence-electron chi connectivity index (χ4n) is 2.62. The number of nitrogens with zero attached hydrogens (tertiary/aromatic N) is 1. The van der Waals surface area contributed by atoms with Crippen LogP contribution in [-0.4, -0.2) is 28.0 Å². The molecule has 23 heavy (non-hydrogen) atoms. The van der Waals surface area contributed by atoms with Crippen LogP contribution in [0.3, 0.4) is 0 Å². The van der Waals surface area contributed by atoms with Crippen molar-refractivity contribution < 1.29 is 13.3 Å². The maximum absolute atomic E-state index is 6.17. The lowest BCUT2D eigenvalue weighted by molar-refractivity contribution is 0.107. The maximum atomic E-state index is 6.17. The van der Waals surface area contributed by atoms with Gasteiger partial charge in [-0.1, -0.05) is 48.5 Å². The second-order valence-corrected chi connectivity index (χ2v) is 7.90. The van der Waals surface area contributed by atoms with Crippen LogP contribution < -0.4 is 5.19 Å². The second kappa shape index (κ2) is 7.02. The van der Waals surface area contributed by atoms with E-state index in [9.17, 15) is 0 Å². The molecule has 2 aromatic carbocycles. The van der Waals surface area contributed by atoms with Crippen molar-refractivity contribution in [3.8, 4) is 0 Å². The molecule has 5 heteroatoms. The lowest BCUT2D eigenvalue weighted by Gasteiger charge is -2.26. The summed E-state index contributed by atoms with van der Waals surface area (Å²) in [5.41, 5.74) is 2.02. The smallest absolute Gasteiger partial charge is 0.373 e. The van der Waals surface area contributed by atoms with Crippen LogP contribution in [0.1, 0.15) is 5.56 Å². The predicted molar refractivity (Wildman–Crippen MR) is 92.4 cm³/mol. The third kappa shape index (κ3) is 3.18. The van der Waals surface area contributed by atoms with E-state index in [1.54, 1.807) is 20.4 Å². The van der Waals surface area contributed by atoms with E-state index in [0.717, 1.165) is 21.7 Å². The Balaban J connectivity index is 1.90. The van der Waals surface area contributed by atoms with Crippen molar-refractivity contribution >= 4 is 24.9 Å². The van der Waals surface area contributed by atoms with Crippen molar-refractivity contribution in [3.63, 3.8) is 0 Å². The number of aromatic nitrogens is 1. The first-order valence-electron chi connectivity index (χ1n) is 7.41. The van der Waals surface area contributed by atoms with E-state index >= 15 is 0 Å². The number of para-hydroxylation sites is 1. The van der Waals surface area contributed by atoms with Crippen LogP contribution in [0.25, 0.3) is 10.9 Å². The molecule has 0 aliphatic carbocycles. The standard InChI is InChI=1S/C18H19NO3Si/c1-20-23(21-2,16-8-4-3-5-9-16)22-14-15-12-13-19-18-11-7-6-10-17(15)18/h3-13H,14H2,1-2H3. The number of fused-ring (bicyclic) bond motifs is 1. The number of benzene rings is 2. The van der Waals surface area contributed by atoms with Gasteiger partial charge < -0.3 is 13.3 Å². The molecule has 1 heterocycles. The molecule has 1 aromatic heterocycles. The molecule has 0 radical (unpaired) electrons. The van der Waals surface area contributed by atoms with Crippen molar-refractivity contribution in [1.29, 1.82) is 0 Å². The van der Waals surface area contributed by atoms with Gasteiger partial charge in [0, 0.05) is 31.0 Å². The van der Waals surface area contributed by atoms with E-state index < -0.39 is 8.80 Å². The molecular formula is C18H19NO3Si. The molecule has 0 saturated heterocycles. The zero-order valence-corrected chi connectivity index (χ0v) is 14.2. The quantitative estimate of drug-likeness (QED) is 0.654. The van der Waals surface area contributed by atoms with Crippen LogP contribution >= 0.6 is 0 Å². The Hall–Kier alpha value is -2.05. The summed E-state index contributed by atoms with van der Waals surface area (Å²) in [6.45, 7) is 0.409. The lowest BCUT2D eigenvalue weighted by Crippen LogP contribution is -2.55. The number of rotatable bonds is 6. The Morgan fingerprint density at radius 1 is 0.870 bits per heavy atom. The molecular weight excluding hydrogens is 306 g/mol. The molecule has 0 fully saturated rings.